The van der Waals surface area contributed by atoms with Gasteiger partial charge in [0, 0.05) is 12.6 Å². The van der Waals surface area contributed by atoms with Crippen LogP contribution >= 0.6 is 15.9 Å². The number of H-pyrrole nitrogens is 1. The van der Waals surface area contributed by atoms with Crippen molar-refractivity contribution in [3.8, 4) is 0 Å². The molecule has 1 saturated carbocycles. The van der Waals surface area contributed by atoms with Crippen LogP contribution in [0.25, 0.3) is 0 Å². The average molecular weight is 229 g/mol. The van der Waals surface area contributed by atoms with Gasteiger partial charge in [-0.05, 0) is 34.7 Å². The van der Waals surface area contributed by atoms with E-state index in [1.165, 1.54) is 12.8 Å². The molecule has 1 heterocycles. The molecule has 1 aliphatic rings. The summed E-state index contributed by atoms with van der Waals surface area (Å²) >= 11 is 3.10. The molecule has 64 valence electrons. The normalized spacial score (nSPS) is 16.4. The lowest BCUT2D eigenvalue weighted by Crippen LogP contribution is -2.11. The van der Waals surface area contributed by atoms with Gasteiger partial charge in [0.2, 0.25) is 0 Å². The van der Waals surface area contributed by atoms with Crippen LogP contribution in [0.15, 0.2) is 15.5 Å². The zero-order chi connectivity index (χ0) is 8.55. The molecule has 0 saturated heterocycles. The van der Waals surface area contributed by atoms with Gasteiger partial charge >= 0.3 is 0 Å². The SMILES string of the molecule is O=c1[nH]c(CC2CC2)ncc1Br. The summed E-state index contributed by atoms with van der Waals surface area (Å²) in [6.07, 6.45) is 5.04. The van der Waals surface area contributed by atoms with Crippen LogP contribution in [-0.4, -0.2) is 9.97 Å². The van der Waals surface area contributed by atoms with Crippen molar-refractivity contribution in [2.24, 2.45) is 5.92 Å². The van der Waals surface area contributed by atoms with Crippen molar-refractivity contribution in [1.82, 2.24) is 9.97 Å². The van der Waals surface area contributed by atoms with E-state index in [1.807, 2.05) is 0 Å². The molecule has 0 unspecified atom stereocenters. The Morgan fingerprint density at radius 3 is 3.00 bits per heavy atom. The molecule has 0 atom stereocenters. The molecule has 1 aliphatic carbocycles. The molecule has 2 rings (SSSR count). The van der Waals surface area contributed by atoms with Crippen LogP contribution in [0.2, 0.25) is 0 Å². The second kappa shape index (κ2) is 3.01. The van der Waals surface area contributed by atoms with E-state index in [1.54, 1.807) is 6.20 Å². The lowest BCUT2D eigenvalue weighted by molar-refractivity contribution is 0.761. The van der Waals surface area contributed by atoms with Gasteiger partial charge in [-0.1, -0.05) is 0 Å². The molecular weight excluding hydrogens is 220 g/mol. The first kappa shape index (κ1) is 7.98. The quantitative estimate of drug-likeness (QED) is 0.834. The zero-order valence-electron chi connectivity index (χ0n) is 6.51. The average Bonchev–Trinajstić information content (AvgIpc) is 2.81. The van der Waals surface area contributed by atoms with E-state index in [0.717, 1.165) is 18.2 Å². The van der Waals surface area contributed by atoms with Gasteiger partial charge in [0.05, 0.1) is 0 Å². The highest BCUT2D eigenvalue weighted by Crippen LogP contribution is 2.31. The Hall–Kier alpha value is -0.640. The van der Waals surface area contributed by atoms with Crippen LogP contribution in [0, 0.1) is 5.92 Å². The van der Waals surface area contributed by atoms with Crippen molar-refractivity contribution in [2.45, 2.75) is 19.3 Å². The standard InChI is InChI=1S/C8H9BrN2O/c9-6-4-10-7(11-8(6)12)3-5-1-2-5/h4-5H,1-3H2,(H,10,11,12). The summed E-state index contributed by atoms with van der Waals surface area (Å²) in [6.45, 7) is 0. The van der Waals surface area contributed by atoms with Gasteiger partial charge in [-0.25, -0.2) is 4.98 Å². The summed E-state index contributed by atoms with van der Waals surface area (Å²) in [7, 11) is 0. The third kappa shape index (κ3) is 1.75. The number of hydrogen-bond acceptors (Lipinski definition) is 2. The number of hydrogen-bond donors (Lipinski definition) is 1. The molecule has 4 heteroatoms. The number of nitrogens with one attached hydrogen (secondary N) is 1. The Balaban J connectivity index is 2.21. The Morgan fingerprint density at radius 2 is 2.42 bits per heavy atom. The molecule has 3 nitrogen and oxygen atoms in total. The van der Waals surface area contributed by atoms with E-state index < -0.39 is 0 Å². The molecule has 12 heavy (non-hydrogen) atoms. The summed E-state index contributed by atoms with van der Waals surface area (Å²) < 4.78 is 0.502. The topological polar surface area (TPSA) is 45.8 Å². The molecule has 0 amide bonds. The smallest absolute Gasteiger partial charge is 0.265 e. The second-order valence-electron chi connectivity index (χ2n) is 3.15. The third-order valence-electron chi connectivity index (χ3n) is 1.99. The highest BCUT2D eigenvalue weighted by molar-refractivity contribution is 9.10. The van der Waals surface area contributed by atoms with E-state index in [-0.39, 0.29) is 5.56 Å². The van der Waals surface area contributed by atoms with Crippen LogP contribution in [0.4, 0.5) is 0 Å². The van der Waals surface area contributed by atoms with E-state index in [2.05, 4.69) is 25.9 Å². The summed E-state index contributed by atoms with van der Waals surface area (Å²) in [5.74, 6) is 1.57. The summed E-state index contributed by atoms with van der Waals surface area (Å²) in [5.41, 5.74) is -0.0827. The number of aromatic amines is 1. The van der Waals surface area contributed by atoms with Gasteiger partial charge < -0.3 is 4.98 Å². The Kier molecular flexibility index (Phi) is 2.00. The van der Waals surface area contributed by atoms with Crippen molar-refractivity contribution in [3.63, 3.8) is 0 Å². The van der Waals surface area contributed by atoms with Crippen LogP contribution < -0.4 is 5.56 Å². The molecular formula is C8H9BrN2O. The fraction of sp³-hybridized carbons (Fsp3) is 0.500. The van der Waals surface area contributed by atoms with E-state index in [9.17, 15) is 4.79 Å². The molecule has 1 N–H and O–H groups in total. The van der Waals surface area contributed by atoms with Gasteiger partial charge in [-0.3, -0.25) is 4.79 Å². The van der Waals surface area contributed by atoms with Gasteiger partial charge in [-0.15, -0.1) is 0 Å². The number of rotatable bonds is 2. The monoisotopic (exact) mass is 228 g/mol. The van der Waals surface area contributed by atoms with Crippen molar-refractivity contribution >= 4 is 15.9 Å². The Labute approximate surface area is 78.4 Å². The maximum Gasteiger partial charge on any atom is 0.265 e. The van der Waals surface area contributed by atoms with Crippen molar-refractivity contribution in [2.75, 3.05) is 0 Å². The summed E-state index contributed by atoms with van der Waals surface area (Å²) in [6, 6.07) is 0. The number of nitrogens with zero attached hydrogens (tertiary/aromatic N) is 1. The highest BCUT2D eigenvalue weighted by Gasteiger charge is 2.22. The van der Waals surface area contributed by atoms with Gasteiger partial charge in [0.1, 0.15) is 10.3 Å². The van der Waals surface area contributed by atoms with E-state index in [0.29, 0.717) is 4.47 Å². The second-order valence-corrected chi connectivity index (χ2v) is 4.01. The first-order chi connectivity index (χ1) is 5.75. The molecule has 0 bridgehead atoms. The van der Waals surface area contributed by atoms with Crippen molar-refractivity contribution < 1.29 is 0 Å². The molecule has 1 aromatic rings. The number of aromatic nitrogens is 2. The summed E-state index contributed by atoms with van der Waals surface area (Å²) in [4.78, 5) is 17.9. The first-order valence-corrected chi connectivity index (χ1v) is 4.78. The van der Waals surface area contributed by atoms with Gasteiger partial charge in [0.25, 0.3) is 5.56 Å². The lowest BCUT2D eigenvalue weighted by Gasteiger charge is -1.97. The maximum atomic E-state index is 11.1. The first-order valence-electron chi connectivity index (χ1n) is 3.99. The molecule has 0 aromatic carbocycles. The largest absolute Gasteiger partial charge is 0.310 e. The summed E-state index contributed by atoms with van der Waals surface area (Å²) in [5, 5.41) is 0. The Morgan fingerprint density at radius 1 is 1.67 bits per heavy atom. The van der Waals surface area contributed by atoms with Crippen LogP contribution in [0.3, 0.4) is 0 Å². The maximum absolute atomic E-state index is 11.1. The highest BCUT2D eigenvalue weighted by atomic mass is 79.9. The Bertz CT molecular complexity index is 343. The number of halogens is 1. The van der Waals surface area contributed by atoms with Crippen molar-refractivity contribution in [1.29, 1.82) is 0 Å². The molecule has 0 aliphatic heterocycles. The molecule has 1 fully saturated rings. The zero-order valence-corrected chi connectivity index (χ0v) is 8.10. The predicted molar refractivity (Wildman–Crippen MR) is 49.0 cm³/mol. The van der Waals surface area contributed by atoms with Crippen LogP contribution in [0.1, 0.15) is 18.7 Å². The lowest BCUT2D eigenvalue weighted by atomic mass is 10.3. The minimum Gasteiger partial charge on any atom is -0.310 e. The minimum atomic E-state index is -0.0827. The van der Waals surface area contributed by atoms with Gasteiger partial charge in [0.15, 0.2) is 0 Å². The van der Waals surface area contributed by atoms with Crippen LogP contribution in [0.5, 0.6) is 0 Å². The third-order valence-corrected chi connectivity index (χ3v) is 2.55. The molecule has 0 radical (unpaired) electrons. The molecule has 0 spiro atoms. The van der Waals surface area contributed by atoms with E-state index in [4.69, 9.17) is 0 Å². The molecule has 1 aromatic heterocycles. The van der Waals surface area contributed by atoms with Crippen molar-refractivity contribution in [3.05, 3.63) is 26.8 Å². The van der Waals surface area contributed by atoms with Gasteiger partial charge in [-0.2, -0.15) is 0 Å². The fourth-order valence-corrected chi connectivity index (χ4v) is 1.32. The fourth-order valence-electron chi connectivity index (χ4n) is 1.12. The van der Waals surface area contributed by atoms with Crippen LogP contribution in [-0.2, 0) is 6.42 Å². The predicted octanol–water partition coefficient (Wildman–Crippen LogP) is 1.48. The van der Waals surface area contributed by atoms with E-state index >= 15 is 0 Å². The minimum absolute atomic E-state index is 0.0827.